The molecule has 1 aliphatic rings. The van der Waals surface area contributed by atoms with Gasteiger partial charge in [-0.1, -0.05) is 6.92 Å². The van der Waals surface area contributed by atoms with Gasteiger partial charge in [0.15, 0.2) is 0 Å². The summed E-state index contributed by atoms with van der Waals surface area (Å²) < 4.78 is 13.0. The number of hydrogen-bond donors (Lipinski definition) is 0. The first-order chi connectivity index (χ1) is 6.85. The lowest BCUT2D eigenvalue weighted by atomic mass is 10.2. The molecule has 0 N–H and O–H groups in total. The second-order valence-corrected chi connectivity index (χ2v) is 3.40. The number of aryl methyl sites for hydroxylation is 1. The lowest BCUT2D eigenvalue weighted by Gasteiger charge is -2.24. The average Bonchev–Trinajstić information content (AvgIpc) is 2.60. The molecule has 78 valence electrons. The molecule has 1 atom stereocenters. The van der Waals surface area contributed by atoms with E-state index in [9.17, 15) is 0 Å². The van der Waals surface area contributed by atoms with Crippen LogP contribution >= 0.6 is 0 Å². The minimum absolute atomic E-state index is 0.150. The number of fused-ring (bicyclic) bond motifs is 1. The Morgan fingerprint density at radius 2 is 2.50 bits per heavy atom. The molecule has 0 spiro atoms. The van der Waals surface area contributed by atoms with Crippen molar-refractivity contribution >= 4 is 0 Å². The highest BCUT2D eigenvalue weighted by Crippen LogP contribution is 2.23. The zero-order valence-electron chi connectivity index (χ0n) is 8.69. The van der Waals surface area contributed by atoms with Crippen molar-refractivity contribution < 1.29 is 9.47 Å². The molecule has 0 fully saturated rings. The molecular formula is C10H16N2O2. The molecule has 0 saturated heterocycles. The van der Waals surface area contributed by atoms with Crippen molar-refractivity contribution in [3.63, 3.8) is 0 Å². The van der Waals surface area contributed by atoms with Crippen LogP contribution in [0, 0.1) is 0 Å². The van der Waals surface area contributed by atoms with Crippen molar-refractivity contribution in [3.05, 3.63) is 11.8 Å². The van der Waals surface area contributed by atoms with Gasteiger partial charge in [0, 0.05) is 12.2 Å². The van der Waals surface area contributed by atoms with Crippen molar-refractivity contribution in [2.75, 3.05) is 13.2 Å². The summed E-state index contributed by atoms with van der Waals surface area (Å²) in [5.74, 6) is 0.920. The standard InChI is InChI=1S/C10H16N2O2/c1-3-8-5-11-12-6-9(13-4-2)7-14-10(8)12/h5,9H,3-4,6-7H2,1-2H3. The van der Waals surface area contributed by atoms with Gasteiger partial charge in [0.2, 0.25) is 5.88 Å². The molecule has 1 aromatic rings. The minimum Gasteiger partial charge on any atom is -0.475 e. The molecular weight excluding hydrogens is 180 g/mol. The average molecular weight is 196 g/mol. The summed E-state index contributed by atoms with van der Waals surface area (Å²) in [4.78, 5) is 0. The highest BCUT2D eigenvalue weighted by Gasteiger charge is 2.22. The third-order valence-electron chi connectivity index (χ3n) is 2.43. The SMILES string of the molecule is CCOC1COc2c(CC)cnn2C1. The van der Waals surface area contributed by atoms with Gasteiger partial charge in [0.05, 0.1) is 12.7 Å². The van der Waals surface area contributed by atoms with E-state index in [-0.39, 0.29) is 6.10 Å². The lowest BCUT2D eigenvalue weighted by Crippen LogP contribution is -2.32. The smallest absolute Gasteiger partial charge is 0.215 e. The van der Waals surface area contributed by atoms with Crippen LogP contribution in [0.15, 0.2) is 6.20 Å². The highest BCUT2D eigenvalue weighted by atomic mass is 16.5. The summed E-state index contributed by atoms with van der Waals surface area (Å²) in [5.41, 5.74) is 1.18. The molecule has 1 unspecified atom stereocenters. The molecule has 4 heteroatoms. The van der Waals surface area contributed by atoms with E-state index in [1.165, 1.54) is 5.56 Å². The molecule has 2 heterocycles. The quantitative estimate of drug-likeness (QED) is 0.729. The molecule has 1 aromatic heterocycles. The maximum absolute atomic E-state index is 5.63. The van der Waals surface area contributed by atoms with E-state index in [1.807, 2.05) is 17.8 Å². The van der Waals surface area contributed by atoms with E-state index in [2.05, 4.69) is 12.0 Å². The minimum atomic E-state index is 0.150. The third kappa shape index (κ3) is 1.62. The van der Waals surface area contributed by atoms with Crippen LogP contribution in [0.3, 0.4) is 0 Å². The predicted molar refractivity (Wildman–Crippen MR) is 52.5 cm³/mol. The number of ether oxygens (including phenoxy) is 2. The zero-order chi connectivity index (χ0) is 9.97. The molecule has 0 bridgehead atoms. The summed E-state index contributed by atoms with van der Waals surface area (Å²) in [6, 6.07) is 0. The van der Waals surface area contributed by atoms with Gasteiger partial charge in [0.25, 0.3) is 0 Å². The van der Waals surface area contributed by atoms with E-state index < -0.39 is 0 Å². The number of aromatic nitrogens is 2. The molecule has 0 aliphatic carbocycles. The summed E-state index contributed by atoms with van der Waals surface area (Å²) in [6.07, 6.45) is 3.00. The van der Waals surface area contributed by atoms with E-state index in [1.54, 1.807) is 0 Å². The Morgan fingerprint density at radius 1 is 1.64 bits per heavy atom. The Balaban J connectivity index is 2.12. The van der Waals surface area contributed by atoms with Crippen molar-refractivity contribution in [2.45, 2.75) is 32.9 Å². The summed E-state index contributed by atoms with van der Waals surface area (Å²) in [5, 5.41) is 4.27. The van der Waals surface area contributed by atoms with Crippen LogP contribution in [-0.2, 0) is 17.7 Å². The number of nitrogens with zero attached hydrogens (tertiary/aromatic N) is 2. The molecule has 0 aromatic carbocycles. The van der Waals surface area contributed by atoms with Gasteiger partial charge in [-0.3, -0.25) is 0 Å². The Kier molecular flexibility index (Phi) is 2.72. The summed E-state index contributed by atoms with van der Waals surface area (Å²) in [6.45, 7) is 6.28. The summed E-state index contributed by atoms with van der Waals surface area (Å²) >= 11 is 0. The van der Waals surface area contributed by atoms with Gasteiger partial charge in [-0.15, -0.1) is 0 Å². The lowest BCUT2D eigenvalue weighted by molar-refractivity contribution is -0.00676. The van der Waals surface area contributed by atoms with Gasteiger partial charge in [-0.05, 0) is 13.3 Å². The maximum Gasteiger partial charge on any atom is 0.215 e. The molecule has 0 radical (unpaired) electrons. The first-order valence-electron chi connectivity index (χ1n) is 5.14. The molecule has 1 aliphatic heterocycles. The first-order valence-corrected chi connectivity index (χ1v) is 5.14. The van der Waals surface area contributed by atoms with Crippen LogP contribution in [-0.4, -0.2) is 29.1 Å². The van der Waals surface area contributed by atoms with Crippen LogP contribution in [0.25, 0.3) is 0 Å². The Hall–Kier alpha value is -1.03. The topological polar surface area (TPSA) is 36.3 Å². The second-order valence-electron chi connectivity index (χ2n) is 3.40. The number of rotatable bonds is 3. The van der Waals surface area contributed by atoms with Gasteiger partial charge in [-0.2, -0.15) is 5.10 Å². The highest BCUT2D eigenvalue weighted by molar-refractivity contribution is 5.25. The maximum atomic E-state index is 5.63. The van der Waals surface area contributed by atoms with E-state index in [0.717, 1.165) is 25.5 Å². The second kappa shape index (κ2) is 4.00. The van der Waals surface area contributed by atoms with Crippen molar-refractivity contribution in [3.8, 4) is 5.88 Å². The molecule has 0 amide bonds. The molecule has 0 saturated carbocycles. The van der Waals surface area contributed by atoms with Crippen LogP contribution in [0.2, 0.25) is 0 Å². The number of hydrogen-bond acceptors (Lipinski definition) is 3. The van der Waals surface area contributed by atoms with Crippen LogP contribution in [0.1, 0.15) is 19.4 Å². The molecule has 14 heavy (non-hydrogen) atoms. The fraction of sp³-hybridized carbons (Fsp3) is 0.700. The van der Waals surface area contributed by atoms with E-state index >= 15 is 0 Å². The zero-order valence-corrected chi connectivity index (χ0v) is 8.69. The third-order valence-corrected chi connectivity index (χ3v) is 2.43. The predicted octanol–water partition coefficient (Wildman–Crippen LogP) is 1.24. The van der Waals surface area contributed by atoms with E-state index in [4.69, 9.17) is 9.47 Å². The van der Waals surface area contributed by atoms with Gasteiger partial charge >= 0.3 is 0 Å². The molecule has 4 nitrogen and oxygen atoms in total. The summed E-state index contributed by atoms with van der Waals surface area (Å²) in [7, 11) is 0. The van der Waals surface area contributed by atoms with Crippen LogP contribution in [0.4, 0.5) is 0 Å². The van der Waals surface area contributed by atoms with Crippen molar-refractivity contribution in [1.29, 1.82) is 0 Å². The van der Waals surface area contributed by atoms with Crippen molar-refractivity contribution in [2.24, 2.45) is 0 Å². The Bertz CT molecular complexity index is 309. The van der Waals surface area contributed by atoms with Crippen LogP contribution in [0.5, 0.6) is 5.88 Å². The van der Waals surface area contributed by atoms with Gasteiger partial charge < -0.3 is 9.47 Å². The monoisotopic (exact) mass is 196 g/mol. The van der Waals surface area contributed by atoms with E-state index in [0.29, 0.717) is 6.61 Å². The normalized spacial score (nSPS) is 20.3. The fourth-order valence-electron chi connectivity index (χ4n) is 1.71. The largest absolute Gasteiger partial charge is 0.475 e. The Labute approximate surface area is 83.8 Å². The molecule has 2 rings (SSSR count). The van der Waals surface area contributed by atoms with Crippen LogP contribution < -0.4 is 4.74 Å². The van der Waals surface area contributed by atoms with Gasteiger partial charge in [0.1, 0.15) is 12.7 Å². The Morgan fingerprint density at radius 3 is 3.21 bits per heavy atom. The first kappa shape index (κ1) is 9.52. The van der Waals surface area contributed by atoms with Gasteiger partial charge in [-0.25, -0.2) is 4.68 Å². The fourth-order valence-corrected chi connectivity index (χ4v) is 1.71. The van der Waals surface area contributed by atoms with Crippen molar-refractivity contribution in [1.82, 2.24) is 9.78 Å².